The Hall–Kier alpha value is -0.690. The third-order valence-corrected chi connectivity index (χ3v) is 2.02. The molecule has 0 bridgehead atoms. The molecule has 1 N–H and O–H groups in total. The van der Waals surface area contributed by atoms with Gasteiger partial charge in [-0.1, -0.05) is 6.07 Å². The van der Waals surface area contributed by atoms with Gasteiger partial charge in [-0.15, -0.1) is 0 Å². The molecule has 1 aromatic rings. The Morgan fingerprint density at radius 1 is 1.58 bits per heavy atom. The fraction of sp³-hybridized carbons (Fsp3) is 0.143. The number of aliphatic hydroxyl groups excluding tert-OH is 1. The first-order valence-electron chi connectivity index (χ1n) is 3.18. The molecule has 1 unspecified atom stereocenters. The first-order chi connectivity index (χ1) is 5.61. The van der Waals surface area contributed by atoms with Gasteiger partial charge in [0.2, 0.25) is 0 Å². The fourth-order valence-corrected chi connectivity index (χ4v) is 1.36. The molecular weight excluding hydrogens is 273 g/mol. The molecule has 0 aliphatic carbocycles. The van der Waals surface area contributed by atoms with Gasteiger partial charge in [0.25, 0.3) is 0 Å². The largest absolute Gasteiger partial charge is 0.339 e. The van der Waals surface area contributed by atoms with E-state index in [1.165, 1.54) is 6.07 Å². The maximum atomic E-state index is 10.2. The van der Waals surface area contributed by atoms with Gasteiger partial charge in [0.1, 0.15) is 0 Å². The third-order valence-electron chi connectivity index (χ3n) is 1.35. The molecule has 1 aromatic carbocycles. The third kappa shape index (κ3) is 2.15. The Morgan fingerprint density at radius 3 is 2.75 bits per heavy atom. The van der Waals surface area contributed by atoms with Crippen molar-refractivity contribution in [3.8, 4) is 0 Å². The summed E-state index contributed by atoms with van der Waals surface area (Å²) in [6, 6.07) is 6.57. The molecule has 0 fully saturated rings. The molecule has 0 spiro atoms. The molecule has 12 heavy (non-hydrogen) atoms. The van der Waals surface area contributed by atoms with Crippen LogP contribution in [0.4, 0.5) is 0 Å². The van der Waals surface area contributed by atoms with Crippen LogP contribution >= 0.6 is 22.6 Å². The van der Waals surface area contributed by atoms with Gasteiger partial charge in [-0.2, -0.15) is 0 Å². The molecule has 0 amide bonds. The van der Waals surface area contributed by atoms with E-state index in [4.69, 9.17) is 5.11 Å². The summed E-state index contributed by atoms with van der Waals surface area (Å²) >= 11 is 2.03. The average molecular weight is 279 g/mol. The summed E-state index contributed by atoms with van der Waals surface area (Å²) in [7, 11) is 0. The van der Waals surface area contributed by atoms with Gasteiger partial charge in [0, 0.05) is 3.57 Å². The number of benzene rings is 1. The van der Waals surface area contributed by atoms with Crippen molar-refractivity contribution in [3.05, 3.63) is 43.5 Å². The molecule has 1 rings (SSSR count). The molecule has 0 heterocycles. The van der Waals surface area contributed by atoms with Gasteiger partial charge in [-0.3, -0.25) is 10.1 Å². The minimum Gasteiger partial charge on any atom is -0.329 e. The van der Waals surface area contributed by atoms with E-state index in [1.54, 1.807) is 18.2 Å². The predicted molar refractivity (Wildman–Crippen MR) is 51.1 cm³/mol. The number of aliphatic hydroxyl groups is 1. The first-order valence-corrected chi connectivity index (χ1v) is 4.26. The van der Waals surface area contributed by atoms with E-state index < -0.39 is 11.2 Å². The SMILES string of the molecule is O=[N+]([O-])C(O)c1cccc(I)c1. The van der Waals surface area contributed by atoms with E-state index in [-0.39, 0.29) is 0 Å². The Morgan fingerprint density at radius 2 is 2.25 bits per heavy atom. The molecule has 64 valence electrons. The summed E-state index contributed by atoms with van der Waals surface area (Å²) in [5, 5.41) is 19.2. The minimum atomic E-state index is -1.61. The molecule has 5 heteroatoms. The highest BCUT2D eigenvalue weighted by molar-refractivity contribution is 14.1. The van der Waals surface area contributed by atoms with Crippen LogP contribution in [0.25, 0.3) is 0 Å². The molecule has 0 saturated heterocycles. The highest BCUT2D eigenvalue weighted by Gasteiger charge is 2.17. The van der Waals surface area contributed by atoms with Crippen LogP contribution in [0.1, 0.15) is 11.8 Å². The number of rotatable bonds is 2. The van der Waals surface area contributed by atoms with Crippen molar-refractivity contribution in [1.82, 2.24) is 0 Å². The van der Waals surface area contributed by atoms with Crippen LogP contribution in [-0.2, 0) is 0 Å². The van der Waals surface area contributed by atoms with E-state index in [2.05, 4.69) is 0 Å². The lowest BCUT2D eigenvalue weighted by atomic mass is 10.2. The highest BCUT2D eigenvalue weighted by atomic mass is 127. The molecule has 0 saturated carbocycles. The first kappa shape index (κ1) is 9.40. The monoisotopic (exact) mass is 279 g/mol. The Balaban J connectivity index is 2.95. The van der Waals surface area contributed by atoms with Crippen molar-refractivity contribution in [2.45, 2.75) is 6.23 Å². The smallest absolute Gasteiger partial charge is 0.329 e. The van der Waals surface area contributed by atoms with E-state index in [0.29, 0.717) is 5.56 Å². The molecule has 0 aliphatic heterocycles. The summed E-state index contributed by atoms with van der Waals surface area (Å²) in [5.74, 6) is 0. The van der Waals surface area contributed by atoms with Gasteiger partial charge in [0.05, 0.1) is 10.5 Å². The topological polar surface area (TPSA) is 63.4 Å². The zero-order valence-electron chi connectivity index (χ0n) is 5.98. The lowest BCUT2D eigenvalue weighted by molar-refractivity contribution is -0.578. The lowest BCUT2D eigenvalue weighted by Crippen LogP contribution is -2.08. The van der Waals surface area contributed by atoms with Gasteiger partial charge in [-0.05, 0) is 40.8 Å². The summed E-state index contributed by atoms with van der Waals surface area (Å²) in [6.07, 6.45) is -1.61. The van der Waals surface area contributed by atoms with Crippen molar-refractivity contribution in [3.63, 3.8) is 0 Å². The van der Waals surface area contributed by atoms with E-state index in [9.17, 15) is 10.1 Å². The van der Waals surface area contributed by atoms with Crippen LogP contribution < -0.4 is 0 Å². The molecule has 0 radical (unpaired) electrons. The highest BCUT2D eigenvalue weighted by Crippen LogP contribution is 2.15. The Labute approximate surface area is 82.5 Å². The summed E-state index contributed by atoms with van der Waals surface area (Å²) in [4.78, 5) is 9.43. The van der Waals surface area contributed by atoms with Crippen LogP contribution in [0.15, 0.2) is 24.3 Å². The molecule has 0 aromatic heterocycles. The van der Waals surface area contributed by atoms with Crippen LogP contribution in [0.2, 0.25) is 0 Å². The number of nitrogens with zero attached hydrogens (tertiary/aromatic N) is 1. The number of hydrogen-bond acceptors (Lipinski definition) is 3. The number of hydrogen-bond donors (Lipinski definition) is 1. The second-order valence-electron chi connectivity index (χ2n) is 2.21. The van der Waals surface area contributed by atoms with Crippen molar-refractivity contribution in [2.24, 2.45) is 0 Å². The molecule has 0 aliphatic rings. The lowest BCUT2D eigenvalue weighted by Gasteiger charge is -2.01. The maximum Gasteiger partial charge on any atom is 0.339 e. The van der Waals surface area contributed by atoms with Crippen molar-refractivity contribution < 1.29 is 10.0 Å². The molecular formula is C7H6INO3. The molecule has 1 atom stereocenters. The van der Waals surface area contributed by atoms with Gasteiger partial charge in [-0.25, -0.2) is 0 Å². The predicted octanol–water partition coefficient (Wildman–Crippen LogP) is 1.56. The van der Waals surface area contributed by atoms with Crippen molar-refractivity contribution in [1.29, 1.82) is 0 Å². The Kier molecular flexibility index (Phi) is 2.99. The van der Waals surface area contributed by atoms with Crippen molar-refractivity contribution >= 4 is 22.6 Å². The average Bonchev–Trinajstić information content (AvgIpc) is 2.03. The van der Waals surface area contributed by atoms with Crippen LogP contribution in [-0.4, -0.2) is 10.0 Å². The second kappa shape index (κ2) is 3.81. The molecule has 4 nitrogen and oxygen atoms in total. The van der Waals surface area contributed by atoms with E-state index >= 15 is 0 Å². The number of nitro groups is 1. The van der Waals surface area contributed by atoms with E-state index in [1.807, 2.05) is 22.6 Å². The zero-order valence-corrected chi connectivity index (χ0v) is 8.13. The Bertz CT molecular complexity index is 302. The normalized spacial score (nSPS) is 12.5. The van der Waals surface area contributed by atoms with Crippen LogP contribution in [0, 0.1) is 13.7 Å². The fourth-order valence-electron chi connectivity index (χ4n) is 0.789. The van der Waals surface area contributed by atoms with E-state index in [0.717, 1.165) is 3.57 Å². The standard InChI is InChI=1S/C7H6INO3/c8-6-3-1-2-5(4-6)7(10)9(11)12/h1-4,7,10H. The summed E-state index contributed by atoms with van der Waals surface area (Å²) in [5.41, 5.74) is 0.312. The maximum absolute atomic E-state index is 10.2. The van der Waals surface area contributed by atoms with Crippen molar-refractivity contribution in [2.75, 3.05) is 0 Å². The summed E-state index contributed by atoms with van der Waals surface area (Å²) in [6.45, 7) is 0. The van der Waals surface area contributed by atoms with Gasteiger partial charge >= 0.3 is 6.23 Å². The minimum absolute atomic E-state index is 0.312. The quantitative estimate of drug-likeness (QED) is 0.387. The van der Waals surface area contributed by atoms with Gasteiger partial charge in [0.15, 0.2) is 0 Å². The van der Waals surface area contributed by atoms with Crippen LogP contribution in [0.5, 0.6) is 0 Å². The second-order valence-corrected chi connectivity index (χ2v) is 3.46. The number of halogens is 1. The summed E-state index contributed by atoms with van der Waals surface area (Å²) < 4.78 is 0.867. The zero-order chi connectivity index (χ0) is 9.14. The van der Waals surface area contributed by atoms with Gasteiger partial charge < -0.3 is 5.11 Å². The van der Waals surface area contributed by atoms with Crippen LogP contribution in [0.3, 0.4) is 0 Å².